The number of hydrogen-bond acceptors (Lipinski definition) is 2. The molecule has 0 fully saturated rings. The second-order valence-corrected chi connectivity index (χ2v) is 3.72. The molecule has 0 heterocycles. The van der Waals surface area contributed by atoms with E-state index in [2.05, 4.69) is 39.5 Å². The van der Waals surface area contributed by atoms with Crippen LogP contribution in [-0.2, 0) is 6.54 Å². The fourth-order valence-corrected chi connectivity index (χ4v) is 1.44. The highest BCUT2D eigenvalue weighted by Gasteiger charge is 1.94. The highest BCUT2D eigenvalue weighted by Crippen LogP contribution is 2.12. The van der Waals surface area contributed by atoms with E-state index < -0.39 is 0 Å². The number of benzene rings is 1. The Kier molecular flexibility index (Phi) is 5.64. The minimum Gasteiger partial charge on any atom is -0.494 e. The molecule has 3 heteroatoms. The van der Waals surface area contributed by atoms with Crippen molar-refractivity contribution >= 4 is 16.1 Å². The maximum Gasteiger partial charge on any atom is 0.119 e. The van der Waals surface area contributed by atoms with E-state index in [1.807, 2.05) is 12.1 Å². The van der Waals surface area contributed by atoms with Crippen molar-refractivity contribution in [1.29, 1.82) is 0 Å². The van der Waals surface area contributed by atoms with Gasteiger partial charge in [-0.2, -0.15) is 0 Å². The SMILES string of the molecule is CCCCOc1ccc(CNBr)cc1. The molecule has 14 heavy (non-hydrogen) atoms. The zero-order chi connectivity index (χ0) is 10.2. The van der Waals surface area contributed by atoms with Gasteiger partial charge >= 0.3 is 0 Å². The molecule has 78 valence electrons. The van der Waals surface area contributed by atoms with Crippen LogP contribution < -0.4 is 9.08 Å². The Morgan fingerprint density at radius 1 is 1.29 bits per heavy atom. The van der Waals surface area contributed by atoms with Crippen molar-refractivity contribution in [1.82, 2.24) is 4.34 Å². The largest absolute Gasteiger partial charge is 0.494 e. The van der Waals surface area contributed by atoms with Gasteiger partial charge in [0.15, 0.2) is 0 Å². The van der Waals surface area contributed by atoms with Gasteiger partial charge in [-0.3, -0.25) is 4.34 Å². The molecule has 0 aliphatic heterocycles. The van der Waals surface area contributed by atoms with Crippen LogP contribution in [0.2, 0.25) is 0 Å². The van der Waals surface area contributed by atoms with Crippen LogP contribution >= 0.6 is 16.1 Å². The molecular weight excluding hydrogens is 242 g/mol. The lowest BCUT2D eigenvalue weighted by Gasteiger charge is -2.05. The monoisotopic (exact) mass is 257 g/mol. The number of nitrogens with one attached hydrogen (secondary N) is 1. The zero-order valence-electron chi connectivity index (χ0n) is 8.42. The normalized spacial score (nSPS) is 10.1. The van der Waals surface area contributed by atoms with E-state index >= 15 is 0 Å². The summed E-state index contributed by atoms with van der Waals surface area (Å²) >= 11 is 3.17. The smallest absolute Gasteiger partial charge is 0.119 e. The Morgan fingerprint density at radius 3 is 2.57 bits per heavy atom. The molecule has 1 N–H and O–H groups in total. The third-order valence-corrected chi connectivity index (χ3v) is 2.24. The van der Waals surface area contributed by atoms with Gasteiger partial charge in [0.2, 0.25) is 0 Å². The molecule has 0 unspecified atom stereocenters. The molecule has 0 amide bonds. The summed E-state index contributed by atoms with van der Waals surface area (Å²) in [6, 6.07) is 8.15. The van der Waals surface area contributed by atoms with Crippen LogP contribution in [0.3, 0.4) is 0 Å². The van der Waals surface area contributed by atoms with Crippen molar-refractivity contribution in [3.05, 3.63) is 29.8 Å². The van der Waals surface area contributed by atoms with Crippen molar-refractivity contribution in [2.75, 3.05) is 6.61 Å². The maximum absolute atomic E-state index is 5.55. The van der Waals surface area contributed by atoms with E-state index in [4.69, 9.17) is 4.74 Å². The van der Waals surface area contributed by atoms with E-state index in [9.17, 15) is 0 Å². The second kappa shape index (κ2) is 6.85. The molecule has 0 spiro atoms. The van der Waals surface area contributed by atoms with Crippen LogP contribution in [0.15, 0.2) is 24.3 Å². The summed E-state index contributed by atoms with van der Waals surface area (Å²) in [4.78, 5) is 0. The van der Waals surface area contributed by atoms with Gasteiger partial charge in [-0.15, -0.1) is 0 Å². The van der Waals surface area contributed by atoms with Gasteiger partial charge in [0, 0.05) is 22.7 Å². The Labute approximate surface area is 94.0 Å². The van der Waals surface area contributed by atoms with Gasteiger partial charge in [0.05, 0.1) is 6.61 Å². The van der Waals surface area contributed by atoms with Crippen LogP contribution in [0.5, 0.6) is 5.75 Å². The summed E-state index contributed by atoms with van der Waals surface area (Å²) in [6.45, 7) is 3.80. The minimum atomic E-state index is 0.812. The van der Waals surface area contributed by atoms with Gasteiger partial charge in [-0.25, -0.2) is 0 Å². The lowest BCUT2D eigenvalue weighted by molar-refractivity contribution is 0.309. The summed E-state index contributed by atoms with van der Waals surface area (Å²) in [6.07, 6.45) is 2.29. The van der Waals surface area contributed by atoms with Crippen LogP contribution in [-0.4, -0.2) is 6.61 Å². The maximum atomic E-state index is 5.55. The van der Waals surface area contributed by atoms with Crippen LogP contribution in [0, 0.1) is 0 Å². The highest BCUT2D eigenvalue weighted by atomic mass is 79.9. The van der Waals surface area contributed by atoms with E-state index in [-0.39, 0.29) is 0 Å². The lowest BCUT2D eigenvalue weighted by Crippen LogP contribution is -1.99. The number of hydrogen-bond donors (Lipinski definition) is 1. The summed E-state index contributed by atoms with van der Waals surface area (Å²) < 4.78 is 8.47. The van der Waals surface area contributed by atoms with Crippen molar-refractivity contribution in [2.45, 2.75) is 26.3 Å². The average molecular weight is 258 g/mol. The first-order chi connectivity index (χ1) is 6.86. The van der Waals surface area contributed by atoms with Crippen molar-refractivity contribution in [3.63, 3.8) is 0 Å². The van der Waals surface area contributed by atoms with E-state index in [1.165, 1.54) is 12.0 Å². The number of halogens is 1. The summed E-state index contributed by atoms with van der Waals surface area (Å²) in [7, 11) is 0. The van der Waals surface area contributed by atoms with Crippen molar-refractivity contribution < 1.29 is 4.74 Å². The van der Waals surface area contributed by atoms with Gasteiger partial charge < -0.3 is 4.74 Å². The molecule has 0 aromatic heterocycles. The minimum absolute atomic E-state index is 0.812. The predicted molar refractivity (Wildman–Crippen MR) is 62.6 cm³/mol. The van der Waals surface area contributed by atoms with E-state index in [0.717, 1.165) is 25.3 Å². The topological polar surface area (TPSA) is 21.3 Å². The Hall–Kier alpha value is -0.540. The third kappa shape index (κ3) is 4.11. The number of rotatable bonds is 6. The highest BCUT2D eigenvalue weighted by molar-refractivity contribution is 9.08. The van der Waals surface area contributed by atoms with E-state index in [1.54, 1.807) is 0 Å². The van der Waals surface area contributed by atoms with Crippen LogP contribution in [0.4, 0.5) is 0 Å². The zero-order valence-corrected chi connectivity index (χ0v) is 10.0. The van der Waals surface area contributed by atoms with Gasteiger partial charge in [-0.1, -0.05) is 25.5 Å². The Morgan fingerprint density at radius 2 is 2.00 bits per heavy atom. The molecule has 1 rings (SSSR count). The Bertz CT molecular complexity index is 248. The van der Waals surface area contributed by atoms with Crippen molar-refractivity contribution in [2.24, 2.45) is 0 Å². The fourth-order valence-electron chi connectivity index (χ4n) is 1.12. The van der Waals surface area contributed by atoms with Gasteiger partial charge in [0.25, 0.3) is 0 Å². The second-order valence-electron chi connectivity index (χ2n) is 3.16. The fraction of sp³-hybridized carbons (Fsp3) is 0.455. The molecule has 0 saturated heterocycles. The number of ether oxygens (including phenoxy) is 1. The molecule has 0 radical (unpaired) electrons. The molecular formula is C11H16BrNO. The molecule has 0 saturated carbocycles. The average Bonchev–Trinajstić information content (AvgIpc) is 2.21. The van der Waals surface area contributed by atoms with Crippen molar-refractivity contribution in [3.8, 4) is 5.75 Å². The number of unbranched alkanes of at least 4 members (excludes halogenated alkanes) is 1. The molecule has 1 aromatic rings. The Balaban J connectivity index is 2.38. The summed E-state index contributed by atoms with van der Waals surface area (Å²) in [5.74, 6) is 0.955. The first kappa shape index (κ1) is 11.5. The third-order valence-electron chi connectivity index (χ3n) is 1.96. The molecule has 1 aromatic carbocycles. The lowest BCUT2D eigenvalue weighted by atomic mass is 10.2. The quantitative estimate of drug-likeness (QED) is 0.624. The van der Waals surface area contributed by atoms with Gasteiger partial charge in [0.1, 0.15) is 5.75 Å². The molecule has 0 bridgehead atoms. The predicted octanol–water partition coefficient (Wildman–Crippen LogP) is 3.27. The summed E-state index contributed by atoms with van der Waals surface area (Å²) in [5, 5.41) is 0. The molecule has 0 aliphatic rings. The molecule has 0 aliphatic carbocycles. The first-order valence-corrected chi connectivity index (χ1v) is 5.71. The standard InChI is InChI=1S/C11H16BrNO/c1-2-3-8-14-11-6-4-10(5-7-11)9-13-12/h4-7,13H,2-3,8-9H2,1H3. The first-order valence-electron chi connectivity index (χ1n) is 4.92. The van der Waals surface area contributed by atoms with E-state index in [0.29, 0.717) is 0 Å². The summed E-state index contributed by atoms with van der Waals surface area (Å²) in [5.41, 5.74) is 1.24. The van der Waals surface area contributed by atoms with Gasteiger partial charge in [-0.05, 0) is 24.1 Å². The van der Waals surface area contributed by atoms with Crippen LogP contribution in [0.25, 0.3) is 0 Å². The molecule has 0 atom stereocenters. The van der Waals surface area contributed by atoms with Crippen LogP contribution in [0.1, 0.15) is 25.3 Å². The molecule has 2 nitrogen and oxygen atoms in total.